The van der Waals surface area contributed by atoms with Crippen molar-refractivity contribution in [3.05, 3.63) is 41.0 Å². The largest absolute Gasteiger partial charge is 0.254 e. The molecular formula is C10H7ClN. The first-order chi connectivity index (χ1) is 5.77. The maximum atomic E-state index is 5.79. The average Bonchev–Trinajstić information content (AvgIpc) is 2.04. The maximum absolute atomic E-state index is 5.79. The van der Waals surface area contributed by atoms with Crippen LogP contribution >= 0.6 is 11.6 Å². The number of benzene rings is 1. The summed E-state index contributed by atoms with van der Waals surface area (Å²) in [5.74, 6) is 0. The standard InChI is InChI=1S/C10H7ClN/c1-7-3-2-4-8-5-9(11)6-12-10(7)8/h3-6H,1H3. The zero-order valence-corrected chi connectivity index (χ0v) is 7.39. The Morgan fingerprint density at radius 3 is 3.08 bits per heavy atom. The van der Waals surface area contributed by atoms with Crippen LogP contribution in [0.5, 0.6) is 0 Å². The molecule has 0 saturated carbocycles. The Bertz CT molecular complexity index is 423. The quantitative estimate of drug-likeness (QED) is 0.602. The van der Waals surface area contributed by atoms with Crippen molar-refractivity contribution in [2.24, 2.45) is 0 Å². The zero-order chi connectivity index (χ0) is 8.55. The van der Waals surface area contributed by atoms with Crippen LogP contribution in [0.2, 0.25) is 5.02 Å². The topological polar surface area (TPSA) is 12.9 Å². The van der Waals surface area contributed by atoms with Crippen molar-refractivity contribution in [2.45, 2.75) is 6.92 Å². The number of hydrogen-bond donors (Lipinski definition) is 0. The second-order valence-electron chi connectivity index (χ2n) is 2.73. The summed E-state index contributed by atoms with van der Waals surface area (Å²) in [6.45, 7) is 2.01. The lowest BCUT2D eigenvalue weighted by Crippen LogP contribution is -1.82. The fourth-order valence-corrected chi connectivity index (χ4v) is 1.39. The van der Waals surface area contributed by atoms with Gasteiger partial charge in [0.2, 0.25) is 0 Å². The van der Waals surface area contributed by atoms with Crippen LogP contribution < -0.4 is 0 Å². The number of rotatable bonds is 0. The molecule has 1 heterocycles. The second kappa shape index (κ2) is 2.76. The van der Waals surface area contributed by atoms with Crippen LogP contribution in [0.25, 0.3) is 10.9 Å². The Morgan fingerprint density at radius 1 is 1.42 bits per heavy atom. The molecule has 59 valence electrons. The summed E-state index contributed by atoms with van der Waals surface area (Å²) in [7, 11) is 0. The van der Waals surface area contributed by atoms with E-state index in [-0.39, 0.29) is 0 Å². The second-order valence-corrected chi connectivity index (χ2v) is 3.17. The van der Waals surface area contributed by atoms with Crippen LogP contribution in [0.15, 0.2) is 24.4 Å². The molecular weight excluding hydrogens is 170 g/mol. The van der Waals surface area contributed by atoms with Gasteiger partial charge in [0.15, 0.2) is 0 Å². The monoisotopic (exact) mass is 176 g/mol. The van der Waals surface area contributed by atoms with Crippen LogP contribution in [-0.4, -0.2) is 4.98 Å². The first-order valence-electron chi connectivity index (χ1n) is 3.69. The highest BCUT2D eigenvalue weighted by molar-refractivity contribution is 6.31. The molecule has 0 spiro atoms. The lowest BCUT2D eigenvalue weighted by atomic mass is 10.1. The SMILES string of the molecule is Cc1c[c]cc2cc(Cl)cnc12. The van der Waals surface area contributed by atoms with Gasteiger partial charge in [0.25, 0.3) is 0 Å². The van der Waals surface area contributed by atoms with Gasteiger partial charge >= 0.3 is 0 Å². The van der Waals surface area contributed by atoms with Crippen molar-refractivity contribution < 1.29 is 0 Å². The summed E-state index contributed by atoms with van der Waals surface area (Å²) in [4.78, 5) is 4.23. The molecule has 0 fully saturated rings. The average molecular weight is 177 g/mol. The van der Waals surface area contributed by atoms with Crippen LogP contribution in [-0.2, 0) is 0 Å². The predicted octanol–water partition coefficient (Wildman–Crippen LogP) is 3.00. The molecule has 0 unspecified atom stereocenters. The molecule has 0 N–H and O–H groups in total. The van der Waals surface area contributed by atoms with Gasteiger partial charge in [-0.05, 0) is 36.8 Å². The van der Waals surface area contributed by atoms with Crippen LogP contribution in [0.4, 0.5) is 0 Å². The van der Waals surface area contributed by atoms with E-state index in [1.54, 1.807) is 6.20 Å². The molecule has 2 aromatic rings. The minimum Gasteiger partial charge on any atom is -0.254 e. The lowest BCUT2D eigenvalue weighted by Gasteiger charge is -1.99. The number of halogens is 1. The smallest absolute Gasteiger partial charge is 0.0732 e. The Kier molecular flexibility index (Phi) is 1.74. The molecule has 0 amide bonds. The highest BCUT2D eigenvalue weighted by Crippen LogP contribution is 2.18. The van der Waals surface area contributed by atoms with Crippen molar-refractivity contribution >= 4 is 22.5 Å². The summed E-state index contributed by atoms with van der Waals surface area (Å²) >= 11 is 5.79. The van der Waals surface area contributed by atoms with E-state index in [0.717, 1.165) is 16.5 Å². The number of aromatic nitrogens is 1. The van der Waals surface area contributed by atoms with Gasteiger partial charge in [0, 0.05) is 11.6 Å². The van der Waals surface area contributed by atoms with Gasteiger partial charge < -0.3 is 0 Å². The summed E-state index contributed by atoms with van der Waals surface area (Å²) in [5.41, 5.74) is 2.13. The molecule has 12 heavy (non-hydrogen) atoms. The summed E-state index contributed by atoms with van der Waals surface area (Å²) in [6, 6.07) is 8.74. The summed E-state index contributed by atoms with van der Waals surface area (Å²) < 4.78 is 0. The molecule has 1 aromatic heterocycles. The fourth-order valence-electron chi connectivity index (χ4n) is 1.22. The Labute approximate surface area is 76.0 Å². The minimum absolute atomic E-state index is 0.668. The Morgan fingerprint density at radius 2 is 2.25 bits per heavy atom. The summed E-state index contributed by atoms with van der Waals surface area (Å²) in [6.07, 6.45) is 1.66. The van der Waals surface area contributed by atoms with Gasteiger partial charge in [-0.25, -0.2) is 0 Å². The maximum Gasteiger partial charge on any atom is 0.0732 e. The van der Waals surface area contributed by atoms with Gasteiger partial charge in [-0.15, -0.1) is 0 Å². The number of pyridine rings is 1. The molecule has 0 bridgehead atoms. The first-order valence-corrected chi connectivity index (χ1v) is 4.07. The predicted molar refractivity (Wildman–Crippen MR) is 50.3 cm³/mol. The molecule has 0 aliphatic rings. The van der Waals surface area contributed by atoms with Gasteiger partial charge in [-0.1, -0.05) is 11.6 Å². The molecule has 0 atom stereocenters. The van der Waals surface area contributed by atoms with Gasteiger partial charge in [-0.3, -0.25) is 4.98 Å². The minimum atomic E-state index is 0.668. The Hall–Kier alpha value is -1.08. The van der Waals surface area contributed by atoms with E-state index in [1.165, 1.54) is 0 Å². The van der Waals surface area contributed by atoms with Crippen LogP contribution in [0, 0.1) is 13.0 Å². The molecule has 0 aliphatic carbocycles. The first kappa shape index (κ1) is 7.56. The molecule has 2 rings (SSSR count). The third kappa shape index (κ3) is 1.16. The van der Waals surface area contributed by atoms with E-state index in [9.17, 15) is 0 Å². The molecule has 0 aliphatic heterocycles. The van der Waals surface area contributed by atoms with E-state index >= 15 is 0 Å². The number of fused-ring (bicyclic) bond motifs is 1. The van der Waals surface area contributed by atoms with Crippen molar-refractivity contribution in [3.8, 4) is 0 Å². The van der Waals surface area contributed by atoms with Crippen molar-refractivity contribution in [1.29, 1.82) is 0 Å². The highest BCUT2D eigenvalue weighted by atomic mass is 35.5. The Balaban J connectivity index is 2.86. The summed E-state index contributed by atoms with van der Waals surface area (Å²) in [5, 5.41) is 1.71. The molecule has 2 heteroatoms. The third-order valence-electron chi connectivity index (χ3n) is 1.80. The van der Waals surface area contributed by atoms with E-state index in [2.05, 4.69) is 11.1 Å². The van der Waals surface area contributed by atoms with Crippen LogP contribution in [0.3, 0.4) is 0 Å². The normalized spacial score (nSPS) is 10.5. The number of aryl methyl sites for hydroxylation is 1. The fraction of sp³-hybridized carbons (Fsp3) is 0.100. The number of nitrogens with zero attached hydrogens (tertiary/aromatic N) is 1. The van der Waals surface area contributed by atoms with Crippen molar-refractivity contribution in [2.75, 3.05) is 0 Å². The van der Waals surface area contributed by atoms with E-state index < -0.39 is 0 Å². The van der Waals surface area contributed by atoms with E-state index in [0.29, 0.717) is 5.02 Å². The van der Waals surface area contributed by atoms with Gasteiger partial charge in [-0.2, -0.15) is 0 Å². The molecule has 1 radical (unpaired) electrons. The molecule has 0 saturated heterocycles. The third-order valence-corrected chi connectivity index (χ3v) is 2.00. The van der Waals surface area contributed by atoms with Gasteiger partial charge in [0.1, 0.15) is 0 Å². The van der Waals surface area contributed by atoms with E-state index in [1.807, 2.05) is 25.1 Å². The zero-order valence-electron chi connectivity index (χ0n) is 6.63. The van der Waals surface area contributed by atoms with Gasteiger partial charge in [0.05, 0.1) is 10.5 Å². The molecule has 1 aromatic carbocycles. The van der Waals surface area contributed by atoms with Crippen LogP contribution in [0.1, 0.15) is 5.56 Å². The number of hydrogen-bond acceptors (Lipinski definition) is 1. The molecule has 1 nitrogen and oxygen atoms in total. The van der Waals surface area contributed by atoms with Crippen molar-refractivity contribution in [3.63, 3.8) is 0 Å². The van der Waals surface area contributed by atoms with Crippen molar-refractivity contribution in [1.82, 2.24) is 4.98 Å². The van der Waals surface area contributed by atoms with E-state index in [4.69, 9.17) is 11.6 Å². The lowest BCUT2D eigenvalue weighted by molar-refractivity contribution is 1.36. The highest BCUT2D eigenvalue weighted by Gasteiger charge is 1.97.